The van der Waals surface area contributed by atoms with E-state index < -0.39 is 11.7 Å². The second-order valence-corrected chi connectivity index (χ2v) is 8.12. The molecule has 0 aromatic heterocycles. The lowest BCUT2D eigenvalue weighted by Crippen LogP contribution is -2.45. The van der Waals surface area contributed by atoms with Crippen molar-refractivity contribution in [3.05, 3.63) is 46.5 Å². The molecule has 1 aromatic rings. The number of aryl methyl sites for hydroxylation is 1. The lowest BCUT2D eigenvalue weighted by Gasteiger charge is -2.37. The predicted octanol–water partition coefficient (Wildman–Crippen LogP) is 4.94. The molecule has 6 heteroatoms. The molecule has 3 nitrogen and oxygen atoms in total. The summed E-state index contributed by atoms with van der Waals surface area (Å²) < 4.78 is 39.7. The summed E-state index contributed by atoms with van der Waals surface area (Å²) in [6, 6.07) is 4.65. The Bertz CT molecular complexity index is 753. The fraction of sp³-hybridized carbons (Fsp3) is 0.591. The van der Waals surface area contributed by atoms with Crippen LogP contribution < -0.4 is 0 Å². The van der Waals surface area contributed by atoms with Crippen molar-refractivity contribution >= 4 is 5.91 Å². The minimum absolute atomic E-state index is 0.0721. The molecular formula is C22H29F3N2O. The summed E-state index contributed by atoms with van der Waals surface area (Å²) in [5.74, 6) is -0.0770. The summed E-state index contributed by atoms with van der Waals surface area (Å²) in [6.45, 7) is 7.70. The fourth-order valence-corrected chi connectivity index (χ4v) is 4.29. The number of amides is 1. The molecule has 3 rings (SSSR count). The third-order valence-electron chi connectivity index (χ3n) is 6.07. The van der Waals surface area contributed by atoms with Crippen LogP contribution in [-0.2, 0) is 17.5 Å². The highest BCUT2D eigenvalue weighted by Gasteiger charge is 2.37. The van der Waals surface area contributed by atoms with Crippen molar-refractivity contribution < 1.29 is 18.0 Å². The van der Waals surface area contributed by atoms with Gasteiger partial charge in [0.1, 0.15) is 0 Å². The van der Waals surface area contributed by atoms with E-state index in [4.69, 9.17) is 0 Å². The van der Waals surface area contributed by atoms with E-state index >= 15 is 0 Å². The maximum Gasteiger partial charge on any atom is 0.416 e. The zero-order valence-electron chi connectivity index (χ0n) is 16.9. The van der Waals surface area contributed by atoms with E-state index in [0.717, 1.165) is 38.4 Å². The highest BCUT2D eigenvalue weighted by atomic mass is 19.4. The highest BCUT2D eigenvalue weighted by molar-refractivity contribution is 5.93. The summed E-state index contributed by atoms with van der Waals surface area (Å²) in [5.41, 5.74) is 1.08. The van der Waals surface area contributed by atoms with E-state index in [1.807, 2.05) is 6.92 Å². The lowest BCUT2D eigenvalue weighted by atomic mass is 10.0. The Kier molecular flexibility index (Phi) is 6.18. The zero-order chi connectivity index (χ0) is 20.5. The molecule has 1 heterocycles. The first-order valence-corrected chi connectivity index (χ1v) is 10.0. The van der Waals surface area contributed by atoms with Crippen LogP contribution in [0.5, 0.6) is 0 Å². The molecule has 2 fully saturated rings. The van der Waals surface area contributed by atoms with Gasteiger partial charge in [0, 0.05) is 24.2 Å². The van der Waals surface area contributed by atoms with Gasteiger partial charge in [0.15, 0.2) is 0 Å². The first kappa shape index (κ1) is 20.9. The van der Waals surface area contributed by atoms with Gasteiger partial charge >= 0.3 is 6.18 Å². The van der Waals surface area contributed by atoms with Crippen LogP contribution >= 0.6 is 0 Å². The summed E-state index contributed by atoms with van der Waals surface area (Å²) >= 11 is 0. The van der Waals surface area contributed by atoms with Gasteiger partial charge < -0.3 is 9.80 Å². The third kappa shape index (κ3) is 4.59. The number of likely N-dealkylation sites (tertiary alicyclic amines) is 1. The maximum atomic E-state index is 13.2. The van der Waals surface area contributed by atoms with Crippen LogP contribution in [0.25, 0.3) is 0 Å². The van der Waals surface area contributed by atoms with E-state index in [1.165, 1.54) is 12.5 Å². The normalized spacial score (nSPS) is 23.6. The molecule has 1 amide bonds. The van der Waals surface area contributed by atoms with Crippen LogP contribution in [0.1, 0.15) is 56.2 Å². The smallest absolute Gasteiger partial charge is 0.332 e. The predicted molar refractivity (Wildman–Crippen MR) is 104 cm³/mol. The van der Waals surface area contributed by atoms with Gasteiger partial charge in [-0.25, -0.2) is 0 Å². The molecule has 154 valence electrons. The largest absolute Gasteiger partial charge is 0.416 e. The van der Waals surface area contributed by atoms with Crippen molar-refractivity contribution in [3.63, 3.8) is 0 Å². The van der Waals surface area contributed by atoms with Crippen molar-refractivity contribution in [2.75, 3.05) is 13.1 Å². The van der Waals surface area contributed by atoms with Gasteiger partial charge in [0.05, 0.1) is 5.56 Å². The quantitative estimate of drug-likeness (QED) is 0.661. The van der Waals surface area contributed by atoms with Crippen LogP contribution in [0.2, 0.25) is 0 Å². The molecule has 28 heavy (non-hydrogen) atoms. The highest BCUT2D eigenvalue weighted by Crippen LogP contribution is 2.34. The SMILES string of the molecule is C/C=C(\C)C(=O)N(Cc1cc(C)cc(C(F)(F)F)c1)C1CCC(N2CCC2)C1. The molecule has 2 aliphatic rings. The van der Waals surface area contributed by atoms with Gasteiger partial charge in [-0.15, -0.1) is 0 Å². The summed E-state index contributed by atoms with van der Waals surface area (Å²) in [5, 5.41) is 0. The Balaban J connectivity index is 1.84. The van der Waals surface area contributed by atoms with E-state index in [1.54, 1.807) is 30.9 Å². The Hall–Kier alpha value is -1.82. The number of alkyl halides is 3. The number of allylic oxidation sites excluding steroid dienone is 1. The minimum atomic E-state index is -4.38. The average molecular weight is 394 g/mol. The zero-order valence-corrected chi connectivity index (χ0v) is 16.9. The van der Waals surface area contributed by atoms with Crippen molar-refractivity contribution in [1.82, 2.24) is 9.80 Å². The molecular weight excluding hydrogens is 365 g/mol. The number of carbonyl (C=O) groups is 1. The fourth-order valence-electron chi connectivity index (χ4n) is 4.29. The Morgan fingerprint density at radius 1 is 1.25 bits per heavy atom. The minimum Gasteiger partial charge on any atom is -0.332 e. The number of rotatable bonds is 5. The van der Waals surface area contributed by atoms with Crippen LogP contribution in [0, 0.1) is 6.92 Å². The van der Waals surface area contributed by atoms with Gasteiger partial charge in [-0.3, -0.25) is 4.79 Å². The first-order chi connectivity index (χ1) is 13.2. The topological polar surface area (TPSA) is 23.6 Å². The number of nitrogens with zero attached hydrogens (tertiary/aromatic N) is 2. The van der Waals surface area contributed by atoms with Crippen LogP contribution in [0.15, 0.2) is 29.8 Å². The van der Waals surface area contributed by atoms with Crippen molar-refractivity contribution in [2.24, 2.45) is 0 Å². The molecule has 0 spiro atoms. The van der Waals surface area contributed by atoms with E-state index in [2.05, 4.69) is 4.90 Å². The first-order valence-electron chi connectivity index (χ1n) is 10.0. The second kappa shape index (κ2) is 8.27. The van der Waals surface area contributed by atoms with Crippen LogP contribution in [-0.4, -0.2) is 40.9 Å². The molecule has 2 unspecified atom stereocenters. The summed E-state index contributed by atoms with van der Waals surface area (Å²) in [4.78, 5) is 17.3. The molecule has 0 bridgehead atoms. The number of benzene rings is 1. The van der Waals surface area contributed by atoms with Crippen molar-refractivity contribution in [1.29, 1.82) is 0 Å². The molecule has 1 aliphatic heterocycles. The second-order valence-electron chi connectivity index (χ2n) is 8.12. The molecule has 0 N–H and O–H groups in total. The maximum absolute atomic E-state index is 13.2. The van der Waals surface area contributed by atoms with Gasteiger partial charge in [-0.05, 0) is 77.2 Å². The van der Waals surface area contributed by atoms with E-state index in [0.29, 0.717) is 22.7 Å². The number of halogens is 3. The molecule has 2 atom stereocenters. The Morgan fingerprint density at radius 2 is 1.96 bits per heavy atom. The van der Waals surface area contributed by atoms with E-state index in [-0.39, 0.29) is 18.5 Å². The van der Waals surface area contributed by atoms with Gasteiger partial charge in [-0.1, -0.05) is 17.7 Å². The Morgan fingerprint density at radius 3 is 2.54 bits per heavy atom. The van der Waals surface area contributed by atoms with Crippen molar-refractivity contribution in [2.45, 2.75) is 71.3 Å². The number of hydrogen-bond acceptors (Lipinski definition) is 2. The third-order valence-corrected chi connectivity index (χ3v) is 6.07. The van der Waals surface area contributed by atoms with Crippen LogP contribution in [0.3, 0.4) is 0 Å². The molecule has 1 aromatic carbocycles. The van der Waals surface area contributed by atoms with Gasteiger partial charge in [0.25, 0.3) is 0 Å². The molecule has 1 aliphatic carbocycles. The molecule has 1 saturated heterocycles. The van der Waals surface area contributed by atoms with Gasteiger partial charge in [0.2, 0.25) is 5.91 Å². The monoisotopic (exact) mass is 394 g/mol. The molecule has 1 saturated carbocycles. The average Bonchev–Trinajstić information content (AvgIpc) is 3.04. The van der Waals surface area contributed by atoms with Gasteiger partial charge in [-0.2, -0.15) is 13.2 Å². The summed E-state index contributed by atoms with van der Waals surface area (Å²) in [6.07, 6.45) is 1.47. The molecule has 0 radical (unpaired) electrons. The summed E-state index contributed by atoms with van der Waals surface area (Å²) in [7, 11) is 0. The van der Waals surface area contributed by atoms with Crippen molar-refractivity contribution in [3.8, 4) is 0 Å². The van der Waals surface area contributed by atoms with Crippen LogP contribution in [0.4, 0.5) is 13.2 Å². The van der Waals surface area contributed by atoms with E-state index in [9.17, 15) is 18.0 Å². The standard InChI is InChI=1S/C22H29F3N2O/c1-4-16(3)21(28)27(20-7-6-19(13-20)26-8-5-9-26)14-17-10-15(2)11-18(12-17)22(23,24)25/h4,10-12,19-20H,5-9,13-14H2,1-3H3/b16-4+. The lowest BCUT2D eigenvalue weighted by molar-refractivity contribution is -0.137. The Labute approximate surface area is 165 Å². The number of carbonyl (C=O) groups excluding carboxylic acids is 1. The number of hydrogen-bond donors (Lipinski definition) is 0.